The summed E-state index contributed by atoms with van der Waals surface area (Å²) >= 11 is 0. The van der Waals surface area contributed by atoms with Gasteiger partial charge < -0.3 is 30.3 Å². The summed E-state index contributed by atoms with van der Waals surface area (Å²) in [5, 5.41) is 42.8. The van der Waals surface area contributed by atoms with E-state index in [0.29, 0.717) is 6.61 Å². The molecule has 0 aliphatic rings. The summed E-state index contributed by atoms with van der Waals surface area (Å²) in [6, 6.07) is 0. The number of esters is 1. The zero-order valence-electron chi connectivity index (χ0n) is 21.4. The Hall–Kier alpha value is -2.20. The van der Waals surface area contributed by atoms with Crippen molar-refractivity contribution in [3.05, 3.63) is 0 Å². The molecular formula is C25H46O10. The number of aliphatic carboxylic acids is 3. The van der Waals surface area contributed by atoms with Crippen molar-refractivity contribution in [1.29, 1.82) is 0 Å². The number of aliphatic hydroxyl groups is 2. The predicted octanol–water partition coefficient (Wildman–Crippen LogP) is 4.14. The largest absolute Gasteiger partial charge is 0.481 e. The quantitative estimate of drug-likeness (QED) is 0.112. The topological polar surface area (TPSA) is 179 Å². The molecular weight excluding hydrogens is 460 g/mol. The van der Waals surface area contributed by atoms with Gasteiger partial charge in [-0.05, 0) is 13.3 Å². The summed E-state index contributed by atoms with van der Waals surface area (Å²) in [7, 11) is 0. The molecule has 0 rings (SSSR count). The minimum atomic E-state index is -2.74. The van der Waals surface area contributed by atoms with Crippen LogP contribution in [0, 0.1) is 0 Å². The van der Waals surface area contributed by atoms with E-state index >= 15 is 0 Å². The highest BCUT2D eigenvalue weighted by Crippen LogP contribution is 2.16. The molecule has 0 saturated carbocycles. The van der Waals surface area contributed by atoms with Crippen LogP contribution in [-0.2, 0) is 23.9 Å². The molecule has 5 N–H and O–H groups in total. The van der Waals surface area contributed by atoms with Crippen LogP contribution >= 0.6 is 0 Å². The van der Waals surface area contributed by atoms with E-state index in [1.54, 1.807) is 0 Å². The summed E-state index contributed by atoms with van der Waals surface area (Å²) in [4.78, 5) is 41.5. The van der Waals surface area contributed by atoms with Gasteiger partial charge in [0.05, 0.1) is 19.4 Å². The standard InChI is InChI=1S/C19H38O3.C6H8O7/c1-3-4-5-6-7-8-9-10-11-12-13-14-15-16-17-22-19(21)18(2)20;7-3(8)1-6(13,5(11)12)2-4(9)10/h18,20H,3-17H2,1-2H3;13H,1-2H2,(H,7,8)(H,9,10)(H,11,12). The Morgan fingerprint density at radius 3 is 1.31 bits per heavy atom. The molecule has 10 heteroatoms. The second kappa shape index (κ2) is 22.3. The van der Waals surface area contributed by atoms with Crippen molar-refractivity contribution < 1.29 is 49.4 Å². The molecule has 0 saturated heterocycles. The van der Waals surface area contributed by atoms with Gasteiger partial charge in [-0.25, -0.2) is 9.59 Å². The van der Waals surface area contributed by atoms with Crippen LogP contribution in [-0.4, -0.2) is 67.7 Å². The fourth-order valence-corrected chi connectivity index (χ4v) is 3.30. The molecule has 0 fully saturated rings. The van der Waals surface area contributed by atoms with Crippen LogP contribution in [0.25, 0.3) is 0 Å². The smallest absolute Gasteiger partial charge is 0.336 e. The molecule has 0 amide bonds. The first-order chi connectivity index (χ1) is 16.5. The second-order valence-corrected chi connectivity index (χ2v) is 8.92. The highest BCUT2D eigenvalue weighted by Gasteiger charge is 2.40. The number of hydrogen-bond acceptors (Lipinski definition) is 7. The highest BCUT2D eigenvalue weighted by atomic mass is 16.5. The maximum Gasteiger partial charge on any atom is 0.336 e. The first-order valence-electron chi connectivity index (χ1n) is 12.7. The number of unbranched alkanes of at least 4 members (excludes halogenated alkanes) is 13. The Kier molecular flexibility index (Phi) is 22.3. The van der Waals surface area contributed by atoms with Crippen molar-refractivity contribution in [2.45, 2.75) is 128 Å². The van der Waals surface area contributed by atoms with Crippen LogP contribution in [0.2, 0.25) is 0 Å². The molecule has 1 atom stereocenters. The van der Waals surface area contributed by atoms with Crippen LogP contribution < -0.4 is 0 Å². The van der Waals surface area contributed by atoms with Gasteiger partial charge in [0.25, 0.3) is 0 Å². The first kappa shape index (κ1) is 35.0. The van der Waals surface area contributed by atoms with Gasteiger partial charge in [-0.1, -0.05) is 90.4 Å². The number of carbonyl (C=O) groups is 4. The molecule has 0 radical (unpaired) electrons. The van der Waals surface area contributed by atoms with Crippen molar-refractivity contribution in [2.24, 2.45) is 0 Å². The molecule has 206 valence electrons. The second-order valence-electron chi connectivity index (χ2n) is 8.92. The van der Waals surface area contributed by atoms with Crippen molar-refractivity contribution in [1.82, 2.24) is 0 Å². The number of rotatable bonds is 21. The summed E-state index contributed by atoms with van der Waals surface area (Å²) in [6.07, 6.45) is 15.2. The molecule has 0 bridgehead atoms. The molecule has 35 heavy (non-hydrogen) atoms. The Balaban J connectivity index is 0. The van der Waals surface area contributed by atoms with Gasteiger partial charge in [-0.2, -0.15) is 0 Å². The molecule has 0 aromatic heterocycles. The summed E-state index contributed by atoms with van der Waals surface area (Å²) in [6.45, 7) is 4.15. The lowest BCUT2D eigenvalue weighted by molar-refractivity contribution is -0.170. The van der Waals surface area contributed by atoms with Crippen LogP contribution in [0.3, 0.4) is 0 Å². The molecule has 0 aromatic rings. The monoisotopic (exact) mass is 506 g/mol. The number of carbonyl (C=O) groups excluding carboxylic acids is 1. The third-order valence-electron chi connectivity index (χ3n) is 5.37. The van der Waals surface area contributed by atoms with Gasteiger partial charge in [0, 0.05) is 0 Å². The molecule has 0 spiro atoms. The van der Waals surface area contributed by atoms with Gasteiger partial charge >= 0.3 is 23.9 Å². The number of ether oxygens (including phenoxy) is 1. The average Bonchev–Trinajstić information content (AvgIpc) is 2.75. The minimum Gasteiger partial charge on any atom is -0.481 e. The van der Waals surface area contributed by atoms with Gasteiger partial charge in [-0.3, -0.25) is 9.59 Å². The van der Waals surface area contributed by atoms with Crippen LogP contribution in [0.15, 0.2) is 0 Å². The SMILES string of the molecule is CCCCCCCCCCCCCCCCOC(=O)C(C)O.O=C(O)CC(O)(CC(=O)O)C(=O)O. The van der Waals surface area contributed by atoms with Crippen molar-refractivity contribution in [2.75, 3.05) is 6.61 Å². The zero-order valence-corrected chi connectivity index (χ0v) is 21.4. The number of carboxylic acid groups (broad SMARTS) is 3. The maximum absolute atomic E-state index is 11.0. The van der Waals surface area contributed by atoms with Gasteiger partial charge in [0.1, 0.15) is 6.10 Å². The summed E-state index contributed by atoms with van der Waals surface area (Å²) in [5.74, 6) is -5.52. The molecule has 0 heterocycles. The van der Waals surface area contributed by atoms with E-state index in [1.165, 1.54) is 84.0 Å². The van der Waals surface area contributed by atoms with Gasteiger partial charge in [0.15, 0.2) is 5.60 Å². The number of carboxylic acids is 3. The van der Waals surface area contributed by atoms with E-state index in [0.717, 1.165) is 12.8 Å². The van der Waals surface area contributed by atoms with E-state index in [2.05, 4.69) is 6.92 Å². The zero-order chi connectivity index (χ0) is 27.1. The van der Waals surface area contributed by atoms with E-state index < -0.39 is 48.4 Å². The first-order valence-corrected chi connectivity index (χ1v) is 12.7. The van der Waals surface area contributed by atoms with E-state index in [9.17, 15) is 19.2 Å². The fraction of sp³-hybridized carbons (Fsp3) is 0.840. The van der Waals surface area contributed by atoms with Crippen LogP contribution in [0.4, 0.5) is 0 Å². The Morgan fingerprint density at radius 2 is 1.03 bits per heavy atom. The lowest BCUT2D eigenvalue weighted by Gasteiger charge is -2.18. The number of hydrogen-bond donors (Lipinski definition) is 5. The highest BCUT2D eigenvalue weighted by molar-refractivity contribution is 5.88. The summed E-state index contributed by atoms with van der Waals surface area (Å²) in [5.41, 5.74) is -2.74. The fourth-order valence-electron chi connectivity index (χ4n) is 3.30. The van der Waals surface area contributed by atoms with Gasteiger partial charge in [0.2, 0.25) is 0 Å². The Labute approximate surface area is 208 Å². The normalized spacial score (nSPS) is 11.8. The average molecular weight is 507 g/mol. The van der Waals surface area contributed by atoms with Crippen molar-refractivity contribution in [3.8, 4) is 0 Å². The maximum atomic E-state index is 11.0. The molecule has 0 aliphatic carbocycles. The van der Waals surface area contributed by atoms with Crippen LogP contribution in [0.5, 0.6) is 0 Å². The van der Waals surface area contributed by atoms with Crippen LogP contribution in [0.1, 0.15) is 117 Å². The lowest BCUT2D eigenvalue weighted by atomic mass is 9.96. The van der Waals surface area contributed by atoms with Crippen molar-refractivity contribution >= 4 is 23.9 Å². The molecule has 1 unspecified atom stereocenters. The van der Waals surface area contributed by atoms with E-state index in [-0.39, 0.29) is 0 Å². The van der Waals surface area contributed by atoms with Crippen molar-refractivity contribution in [3.63, 3.8) is 0 Å². The van der Waals surface area contributed by atoms with Gasteiger partial charge in [-0.15, -0.1) is 0 Å². The molecule has 10 nitrogen and oxygen atoms in total. The lowest BCUT2D eigenvalue weighted by Crippen LogP contribution is -2.42. The van der Waals surface area contributed by atoms with E-state index in [1.807, 2.05) is 0 Å². The minimum absolute atomic E-state index is 0.446. The van der Waals surface area contributed by atoms with E-state index in [4.69, 9.17) is 30.3 Å². The molecule has 0 aliphatic heterocycles. The third-order valence-corrected chi connectivity index (χ3v) is 5.37. The Bertz CT molecular complexity index is 573. The predicted molar refractivity (Wildman–Crippen MR) is 130 cm³/mol. The Morgan fingerprint density at radius 1 is 0.686 bits per heavy atom. The summed E-state index contributed by atoms with van der Waals surface area (Å²) < 4.78 is 4.92. The number of aliphatic hydroxyl groups excluding tert-OH is 1. The third kappa shape index (κ3) is 23.3. The molecule has 0 aromatic carbocycles.